The van der Waals surface area contributed by atoms with Crippen LogP contribution in [0.3, 0.4) is 0 Å². The second-order valence-corrected chi connectivity index (χ2v) is 17.9. The van der Waals surface area contributed by atoms with Crippen LogP contribution in [0.2, 0.25) is 5.02 Å². The van der Waals surface area contributed by atoms with Gasteiger partial charge in [-0.15, -0.1) is 4.36 Å². The molecule has 3 amide bonds. The Hall–Kier alpha value is -3.12. The van der Waals surface area contributed by atoms with Crippen LogP contribution >= 0.6 is 11.6 Å². The number of hydrogen-bond acceptors (Lipinski definition) is 7. The summed E-state index contributed by atoms with van der Waals surface area (Å²) in [5.41, 5.74) is 3.45. The van der Waals surface area contributed by atoms with Crippen LogP contribution in [0.1, 0.15) is 60.5 Å². The van der Waals surface area contributed by atoms with Gasteiger partial charge in [-0.05, 0) is 97.7 Å². The van der Waals surface area contributed by atoms with Gasteiger partial charge >= 0.3 is 6.03 Å². The number of aryl methyl sites for hydroxylation is 1. The van der Waals surface area contributed by atoms with E-state index in [4.69, 9.17) is 25.8 Å². The van der Waals surface area contributed by atoms with E-state index in [0.29, 0.717) is 49.4 Å². The van der Waals surface area contributed by atoms with Crippen molar-refractivity contribution in [3.8, 4) is 5.75 Å². The van der Waals surface area contributed by atoms with E-state index < -0.39 is 21.9 Å². The van der Waals surface area contributed by atoms with Gasteiger partial charge < -0.3 is 24.4 Å². The number of amides is 3. The minimum atomic E-state index is -3.47. The number of hydrogen-bond donors (Lipinski definition) is 2. The quantitative estimate of drug-likeness (QED) is 0.378. The van der Waals surface area contributed by atoms with Crippen LogP contribution in [0.15, 0.2) is 52.9 Å². The van der Waals surface area contributed by atoms with E-state index in [1.807, 2.05) is 25.1 Å². The zero-order valence-corrected chi connectivity index (χ0v) is 30.3. The number of rotatable bonds is 3. The predicted molar refractivity (Wildman–Crippen MR) is 193 cm³/mol. The van der Waals surface area contributed by atoms with Gasteiger partial charge in [-0.2, -0.15) is 0 Å². The Morgan fingerprint density at radius 1 is 1.14 bits per heavy atom. The van der Waals surface area contributed by atoms with Crippen molar-refractivity contribution in [3.05, 3.63) is 70.3 Å². The number of benzene rings is 2. The molecule has 2 aromatic carbocycles. The molecule has 6 aliphatic rings. The van der Waals surface area contributed by atoms with Crippen molar-refractivity contribution in [2.75, 3.05) is 50.7 Å². The van der Waals surface area contributed by atoms with Gasteiger partial charge in [-0.3, -0.25) is 9.52 Å². The van der Waals surface area contributed by atoms with Gasteiger partial charge in [0.25, 0.3) is 5.91 Å². The fourth-order valence-electron chi connectivity index (χ4n) is 9.15. The van der Waals surface area contributed by atoms with Crippen molar-refractivity contribution >= 4 is 39.1 Å². The number of fused-ring (bicyclic) bond motifs is 5. The predicted octanol–water partition coefficient (Wildman–Crippen LogP) is 5.92. The first-order chi connectivity index (χ1) is 24.1. The number of methoxy groups -OCH3 is 1. The maximum atomic E-state index is 14.4. The fraction of sp³-hybridized carbons (Fsp3) is 0.579. The Labute approximate surface area is 299 Å². The molecule has 10 nitrogen and oxygen atoms in total. The topological polar surface area (TPSA) is 119 Å². The van der Waals surface area contributed by atoms with E-state index in [1.165, 1.54) is 11.1 Å². The lowest BCUT2D eigenvalue weighted by Crippen LogP contribution is -2.49. The molecule has 2 bridgehead atoms. The molecule has 2 N–H and O–H groups in total. The summed E-state index contributed by atoms with van der Waals surface area (Å²) in [6.07, 6.45) is 9.96. The van der Waals surface area contributed by atoms with Crippen molar-refractivity contribution < 1.29 is 28.0 Å². The molecule has 3 aliphatic carbocycles. The number of halogens is 1. The summed E-state index contributed by atoms with van der Waals surface area (Å²) in [7, 11) is -1.70. The van der Waals surface area contributed by atoms with Crippen LogP contribution in [0.5, 0.6) is 5.75 Å². The molecule has 1 spiro atoms. The van der Waals surface area contributed by atoms with E-state index in [9.17, 15) is 13.8 Å². The van der Waals surface area contributed by atoms with Crippen molar-refractivity contribution in [3.63, 3.8) is 0 Å². The van der Waals surface area contributed by atoms with E-state index in [-0.39, 0.29) is 41.1 Å². The molecule has 50 heavy (non-hydrogen) atoms. The Morgan fingerprint density at radius 2 is 1.98 bits per heavy atom. The SMILES string of the molecule is CO[C@H]1/C=C/C[C@H](C)C[S@@](=O)(NC(=O)N[C@H]2[C@@H]3COC[C@@H]32)=NC(=O)c2ccc3c(c2)N(C[C@@H]2CC[C@H]21)C[C@@]1(CCCc2cc(Cl)ccc21)CO3. The van der Waals surface area contributed by atoms with Gasteiger partial charge in [0.05, 0.1) is 37.4 Å². The number of carbonyl (C=O) groups excluding carboxylic acids is 2. The maximum absolute atomic E-state index is 14.4. The van der Waals surface area contributed by atoms with Crippen molar-refractivity contribution in [2.45, 2.75) is 63.0 Å². The van der Waals surface area contributed by atoms with Gasteiger partial charge in [0, 0.05) is 54.1 Å². The number of allylic oxidation sites excluding steroid dienone is 1. The number of nitrogens with zero attached hydrogens (tertiary/aromatic N) is 2. The Bertz CT molecular complexity index is 1820. The monoisotopic (exact) mass is 722 g/mol. The van der Waals surface area contributed by atoms with Gasteiger partial charge in [0.2, 0.25) is 0 Å². The van der Waals surface area contributed by atoms with Gasteiger partial charge in [-0.1, -0.05) is 36.7 Å². The van der Waals surface area contributed by atoms with E-state index >= 15 is 0 Å². The maximum Gasteiger partial charge on any atom is 0.327 e. The fourth-order valence-corrected chi connectivity index (χ4v) is 11.2. The van der Waals surface area contributed by atoms with Gasteiger partial charge in [-0.25, -0.2) is 9.00 Å². The molecule has 0 aromatic heterocycles. The number of anilines is 1. The van der Waals surface area contributed by atoms with Crippen LogP contribution in [-0.2, 0) is 31.2 Å². The Balaban J connectivity index is 1.16. The molecule has 1 saturated heterocycles. The average molecular weight is 723 g/mol. The number of nitrogens with one attached hydrogen (secondary N) is 2. The molecule has 0 unspecified atom stereocenters. The van der Waals surface area contributed by atoms with Crippen LogP contribution < -0.4 is 19.7 Å². The summed E-state index contributed by atoms with van der Waals surface area (Å²) >= 11 is 6.45. The lowest BCUT2D eigenvalue weighted by Gasteiger charge is -2.46. The lowest BCUT2D eigenvalue weighted by molar-refractivity contribution is 0.0131. The summed E-state index contributed by atoms with van der Waals surface area (Å²) in [4.78, 5) is 29.5. The van der Waals surface area contributed by atoms with E-state index in [0.717, 1.165) is 55.9 Å². The molecule has 9 atom stereocenters. The molecule has 268 valence electrons. The highest BCUT2D eigenvalue weighted by Crippen LogP contribution is 2.47. The Morgan fingerprint density at radius 3 is 2.76 bits per heavy atom. The minimum absolute atomic E-state index is 0.0118. The summed E-state index contributed by atoms with van der Waals surface area (Å²) in [6, 6.07) is 11.0. The zero-order chi connectivity index (χ0) is 34.6. The average Bonchev–Trinajstić information content (AvgIpc) is 3.50. The molecule has 0 radical (unpaired) electrons. The molecule has 2 saturated carbocycles. The van der Waals surface area contributed by atoms with Crippen molar-refractivity contribution in [1.82, 2.24) is 10.0 Å². The highest BCUT2D eigenvalue weighted by atomic mass is 35.5. The van der Waals surface area contributed by atoms with Crippen molar-refractivity contribution in [1.29, 1.82) is 0 Å². The second-order valence-electron chi connectivity index (χ2n) is 15.4. The third-order valence-electron chi connectivity index (χ3n) is 12.0. The van der Waals surface area contributed by atoms with E-state index in [2.05, 4.69) is 43.6 Å². The largest absolute Gasteiger partial charge is 0.490 e. The van der Waals surface area contributed by atoms with Crippen LogP contribution in [0, 0.1) is 29.6 Å². The molecule has 12 heteroatoms. The molecule has 3 fully saturated rings. The molecule has 8 rings (SSSR count). The smallest absolute Gasteiger partial charge is 0.327 e. The minimum Gasteiger partial charge on any atom is -0.490 e. The number of urea groups is 1. The number of carbonyl (C=O) groups is 2. The summed E-state index contributed by atoms with van der Waals surface area (Å²) < 4.78 is 39.5. The summed E-state index contributed by atoms with van der Waals surface area (Å²) in [5.74, 6) is 1.32. The third-order valence-corrected chi connectivity index (χ3v) is 14.2. The standard InChI is InChI=1S/C38H47ClN4O6S/c1-23-5-3-7-33(47-2)28-11-8-26(28)17-43-21-38(14-4-6-24-15-27(39)10-12-31(24)38)22-49-34-13-9-25(16-32(34)43)36(44)41-50(46,20-23)42-37(45)40-35-29-18-48-19-30(29)35/h3,7,9-10,12-13,15-16,23,26,28-30,33,35H,4-6,8,11,14,17-22H2,1-2H3,(H2,40,41,42,44,45,46)/b7-3+/t23-,26-,28+,29-,30+,33-,35+,38-,50-/m0/s1. The normalized spacial score (nSPS) is 36.7. The molecular formula is C38H47ClN4O6S. The second kappa shape index (κ2) is 13.5. The molecular weight excluding hydrogens is 676 g/mol. The summed E-state index contributed by atoms with van der Waals surface area (Å²) in [6.45, 7) is 5.22. The first-order valence-electron chi connectivity index (χ1n) is 18.1. The van der Waals surface area contributed by atoms with Crippen LogP contribution in [0.25, 0.3) is 0 Å². The lowest BCUT2D eigenvalue weighted by atomic mass is 9.68. The highest BCUT2D eigenvalue weighted by molar-refractivity contribution is 7.92. The molecule has 3 heterocycles. The van der Waals surface area contributed by atoms with Gasteiger partial charge in [0.15, 0.2) is 0 Å². The summed E-state index contributed by atoms with van der Waals surface area (Å²) in [5, 5.41) is 3.69. The van der Waals surface area contributed by atoms with Crippen LogP contribution in [0.4, 0.5) is 10.5 Å². The van der Waals surface area contributed by atoms with Gasteiger partial charge in [0.1, 0.15) is 15.7 Å². The highest BCUT2D eigenvalue weighted by Gasteiger charge is 2.55. The van der Waals surface area contributed by atoms with Crippen molar-refractivity contribution in [2.24, 2.45) is 34.0 Å². The van der Waals surface area contributed by atoms with E-state index in [1.54, 1.807) is 13.2 Å². The molecule has 3 aliphatic heterocycles. The van der Waals surface area contributed by atoms with Crippen LogP contribution in [-0.4, -0.2) is 74.1 Å². The Kier molecular flexibility index (Phi) is 9.15. The third kappa shape index (κ3) is 6.55. The number of ether oxygens (including phenoxy) is 3. The molecule has 2 aromatic rings. The zero-order valence-electron chi connectivity index (χ0n) is 28.8. The first-order valence-corrected chi connectivity index (χ1v) is 20.2. The first kappa shape index (κ1) is 34.0.